The maximum absolute atomic E-state index is 10.5. The number of nitrogens with one attached hydrogen (secondary N) is 1. The molecule has 5 nitrogen and oxygen atoms in total. The van der Waals surface area contributed by atoms with Crippen molar-refractivity contribution in [3.05, 3.63) is 12.7 Å². The number of aliphatic hydroxyl groups excluding tert-OH is 2. The van der Waals surface area contributed by atoms with Crippen LogP contribution in [-0.2, 0) is 9.53 Å². The SMILES string of the molecule is C=CC(Cl)C(NC=O)C1OCCC(O)C1O. The molecule has 5 unspecified atom stereocenters. The van der Waals surface area contributed by atoms with Crippen LogP contribution >= 0.6 is 11.6 Å². The highest BCUT2D eigenvalue weighted by molar-refractivity contribution is 6.22. The van der Waals surface area contributed by atoms with Crippen LogP contribution in [-0.4, -0.2) is 53.0 Å². The number of hydrogen-bond acceptors (Lipinski definition) is 4. The number of amides is 1. The molecule has 1 aliphatic rings. The van der Waals surface area contributed by atoms with Gasteiger partial charge in [0.2, 0.25) is 6.41 Å². The van der Waals surface area contributed by atoms with Gasteiger partial charge in [0.25, 0.3) is 0 Å². The van der Waals surface area contributed by atoms with E-state index in [4.69, 9.17) is 16.3 Å². The van der Waals surface area contributed by atoms with Gasteiger partial charge in [-0.05, 0) is 6.42 Å². The fourth-order valence-electron chi connectivity index (χ4n) is 1.72. The van der Waals surface area contributed by atoms with Gasteiger partial charge in [0.15, 0.2) is 0 Å². The summed E-state index contributed by atoms with van der Waals surface area (Å²) in [7, 11) is 0. The van der Waals surface area contributed by atoms with Crippen LogP contribution in [0, 0.1) is 0 Å². The van der Waals surface area contributed by atoms with E-state index in [0.29, 0.717) is 19.4 Å². The second kappa shape index (κ2) is 6.20. The Hall–Kier alpha value is -0.620. The quantitative estimate of drug-likeness (QED) is 0.346. The zero-order chi connectivity index (χ0) is 12.1. The van der Waals surface area contributed by atoms with Crippen LogP contribution in [0.15, 0.2) is 12.7 Å². The maximum Gasteiger partial charge on any atom is 0.207 e. The minimum atomic E-state index is -1.06. The Morgan fingerprint density at radius 3 is 2.81 bits per heavy atom. The highest BCUT2D eigenvalue weighted by Crippen LogP contribution is 2.21. The number of alkyl halides is 1. The van der Waals surface area contributed by atoms with Crippen molar-refractivity contribution >= 4 is 18.0 Å². The summed E-state index contributed by atoms with van der Waals surface area (Å²) in [6, 6.07) is -0.610. The van der Waals surface area contributed by atoms with Crippen molar-refractivity contribution in [2.24, 2.45) is 0 Å². The van der Waals surface area contributed by atoms with Crippen LogP contribution in [0.25, 0.3) is 0 Å². The second-order valence-corrected chi connectivity index (χ2v) is 4.18. The molecule has 1 fully saturated rings. The maximum atomic E-state index is 10.5. The molecule has 16 heavy (non-hydrogen) atoms. The zero-order valence-electron chi connectivity index (χ0n) is 8.75. The third-order valence-corrected chi connectivity index (χ3v) is 3.09. The van der Waals surface area contributed by atoms with Gasteiger partial charge in [-0.3, -0.25) is 4.79 Å². The number of carbonyl (C=O) groups is 1. The van der Waals surface area contributed by atoms with Crippen LogP contribution in [0.3, 0.4) is 0 Å². The smallest absolute Gasteiger partial charge is 0.207 e. The van der Waals surface area contributed by atoms with Crippen LogP contribution in [0.4, 0.5) is 0 Å². The van der Waals surface area contributed by atoms with Gasteiger partial charge < -0.3 is 20.3 Å². The molecule has 1 rings (SSSR count). The van der Waals surface area contributed by atoms with E-state index in [0.717, 1.165) is 0 Å². The highest BCUT2D eigenvalue weighted by Gasteiger charge is 2.39. The Morgan fingerprint density at radius 1 is 1.56 bits per heavy atom. The van der Waals surface area contributed by atoms with E-state index in [1.54, 1.807) is 0 Å². The molecule has 92 valence electrons. The molecule has 1 saturated heterocycles. The van der Waals surface area contributed by atoms with Gasteiger partial charge >= 0.3 is 0 Å². The normalized spacial score (nSPS) is 33.8. The molecular weight excluding hydrogens is 234 g/mol. The lowest BCUT2D eigenvalue weighted by Crippen LogP contribution is -2.57. The molecule has 0 aromatic carbocycles. The predicted octanol–water partition coefficient (Wildman–Crippen LogP) is -0.595. The first-order chi connectivity index (χ1) is 7.61. The molecule has 0 aromatic rings. The monoisotopic (exact) mass is 249 g/mol. The predicted molar refractivity (Wildman–Crippen MR) is 59.2 cm³/mol. The summed E-state index contributed by atoms with van der Waals surface area (Å²) in [5.74, 6) is 0. The van der Waals surface area contributed by atoms with E-state index >= 15 is 0 Å². The van der Waals surface area contributed by atoms with Crippen molar-refractivity contribution in [2.75, 3.05) is 6.61 Å². The van der Waals surface area contributed by atoms with Gasteiger partial charge in [0, 0.05) is 6.61 Å². The highest BCUT2D eigenvalue weighted by atomic mass is 35.5. The average Bonchev–Trinajstić information content (AvgIpc) is 2.29. The van der Waals surface area contributed by atoms with E-state index in [1.165, 1.54) is 6.08 Å². The lowest BCUT2D eigenvalue weighted by molar-refractivity contribution is -0.146. The fourth-order valence-corrected chi connectivity index (χ4v) is 1.94. The lowest BCUT2D eigenvalue weighted by Gasteiger charge is -2.37. The molecule has 3 N–H and O–H groups in total. The van der Waals surface area contributed by atoms with Crippen molar-refractivity contribution in [3.63, 3.8) is 0 Å². The Morgan fingerprint density at radius 2 is 2.25 bits per heavy atom. The van der Waals surface area contributed by atoms with E-state index in [2.05, 4.69) is 11.9 Å². The molecular formula is C10H16ClNO4. The molecule has 1 heterocycles. The van der Waals surface area contributed by atoms with Gasteiger partial charge in [0.05, 0.1) is 17.5 Å². The standard InChI is InChI=1S/C10H16ClNO4/c1-2-6(11)8(12-5-13)10-9(15)7(14)3-4-16-10/h2,5-10,14-15H,1,3-4H2,(H,12,13). The number of ether oxygens (including phenoxy) is 1. The van der Waals surface area contributed by atoms with Gasteiger partial charge in [-0.15, -0.1) is 18.2 Å². The van der Waals surface area contributed by atoms with Crippen molar-refractivity contribution in [3.8, 4) is 0 Å². The van der Waals surface area contributed by atoms with E-state index in [-0.39, 0.29) is 0 Å². The Bertz CT molecular complexity index is 251. The van der Waals surface area contributed by atoms with Crippen molar-refractivity contribution < 1.29 is 19.7 Å². The third-order valence-electron chi connectivity index (χ3n) is 2.64. The van der Waals surface area contributed by atoms with Crippen molar-refractivity contribution in [1.29, 1.82) is 0 Å². The van der Waals surface area contributed by atoms with Crippen LogP contribution < -0.4 is 5.32 Å². The molecule has 6 heteroatoms. The van der Waals surface area contributed by atoms with E-state index < -0.39 is 29.7 Å². The molecule has 0 aromatic heterocycles. The first-order valence-electron chi connectivity index (χ1n) is 5.06. The molecule has 5 atom stereocenters. The first kappa shape index (κ1) is 13.4. The summed E-state index contributed by atoms with van der Waals surface area (Å²) in [6.07, 6.45) is -0.349. The summed E-state index contributed by atoms with van der Waals surface area (Å²) < 4.78 is 5.33. The number of aliphatic hydroxyl groups is 2. The summed E-state index contributed by atoms with van der Waals surface area (Å²) in [6.45, 7) is 3.84. The van der Waals surface area contributed by atoms with Crippen LogP contribution in [0.1, 0.15) is 6.42 Å². The largest absolute Gasteiger partial charge is 0.390 e. The topological polar surface area (TPSA) is 78.8 Å². The summed E-state index contributed by atoms with van der Waals surface area (Å²) in [5.41, 5.74) is 0. The Labute approximate surface area is 99.0 Å². The van der Waals surface area contributed by atoms with E-state index in [9.17, 15) is 15.0 Å². The minimum Gasteiger partial charge on any atom is -0.390 e. The summed E-state index contributed by atoms with van der Waals surface area (Å²) >= 11 is 5.94. The van der Waals surface area contributed by atoms with Crippen molar-refractivity contribution in [2.45, 2.75) is 36.2 Å². The molecule has 1 amide bonds. The number of carbonyl (C=O) groups excluding carboxylic acids is 1. The number of hydrogen-bond donors (Lipinski definition) is 3. The zero-order valence-corrected chi connectivity index (χ0v) is 9.51. The molecule has 0 spiro atoms. The summed E-state index contributed by atoms with van der Waals surface area (Å²) in [5, 5.41) is 21.2. The Balaban J connectivity index is 2.75. The lowest BCUT2D eigenvalue weighted by atomic mass is 9.94. The average molecular weight is 250 g/mol. The van der Waals surface area contributed by atoms with Crippen LogP contribution in [0.5, 0.6) is 0 Å². The van der Waals surface area contributed by atoms with Crippen molar-refractivity contribution in [1.82, 2.24) is 5.32 Å². The fraction of sp³-hybridized carbons (Fsp3) is 0.700. The van der Waals surface area contributed by atoms with E-state index in [1.807, 2.05) is 0 Å². The molecule has 0 radical (unpaired) electrons. The number of rotatable bonds is 5. The Kier molecular flexibility index (Phi) is 5.21. The van der Waals surface area contributed by atoms with Gasteiger partial charge in [-0.25, -0.2) is 0 Å². The minimum absolute atomic E-state index is 0.320. The third kappa shape index (κ3) is 2.95. The molecule has 0 bridgehead atoms. The molecule has 0 saturated carbocycles. The van der Waals surface area contributed by atoms with Crippen LogP contribution in [0.2, 0.25) is 0 Å². The molecule has 0 aliphatic carbocycles. The molecule has 1 aliphatic heterocycles. The second-order valence-electron chi connectivity index (χ2n) is 3.67. The van der Waals surface area contributed by atoms with Gasteiger partial charge in [0.1, 0.15) is 12.2 Å². The number of halogens is 1. The van der Waals surface area contributed by atoms with Gasteiger partial charge in [-0.2, -0.15) is 0 Å². The van der Waals surface area contributed by atoms with Gasteiger partial charge in [-0.1, -0.05) is 6.08 Å². The first-order valence-corrected chi connectivity index (χ1v) is 5.49. The summed E-state index contributed by atoms with van der Waals surface area (Å²) in [4.78, 5) is 10.5.